The van der Waals surface area contributed by atoms with E-state index in [1.54, 1.807) is 0 Å². The van der Waals surface area contributed by atoms with Crippen molar-refractivity contribution < 1.29 is 13.9 Å². The molecule has 0 atom stereocenters. The van der Waals surface area contributed by atoms with Crippen LogP contribution in [-0.2, 0) is 28.1 Å². The van der Waals surface area contributed by atoms with Crippen LogP contribution in [0.15, 0.2) is 24.3 Å². The van der Waals surface area contributed by atoms with E-state index in [1.165, 1.54) is 59.1 Å². The molecule has 3 rings (SSSR count). The molecule has 0 bridgehead atoms. The van der Waals surface area contributed by atoms with Gasteiger partial charge in [-0.1, -0.05) is 0 Å². The Balaban J connectivity index is 2.32. The summed E-state index contributed by atoms with van der Waals surface area (Å²) in [5.41, 5.74) is 7.55. The van der Waals surface area contributed by atoms with Gasteiger partial charge in [-0.3, -0.25) is 0 Å². The third-order valence-electron chi connectivity index (χ3n) is 8.39. The summed E-state index contributed by atoms with van der Waals surface area (Å²) in [5, 5.41) is 0. The van der Waals surface area contributed by atoms with Gasteiger partial charge < -0.3 is 0 Å². The van der Waals surface area contributed by atoms with Crippen LogP contribution in [0.1, 0.15) is 162 Å². The molecule has 0 saturated heterocycles. The fourth-order valence-corrected chi connectivity index (χ4v) is 8.55. The Bertz CT molecular complexity index is 1120. The van der Waals surface area contributed by atoms with Gasteiger partial charge in [0, 0.05) is 0 Å². The minimum atomic E-state index is -3.58. The Morgan fingerprint density at radius 3 is 1.34 bits per heavy atom. The van der Waals surface area contributed by atoms with Crippen molar-refractivity contribution in [3.05, 3.63) is 57.6 Å². The Hall–Kier alpha value is -1.57. The quantitative estimate of drug-likeness (QED) is 0.260. The van der Waals surface area contributed by atoms with Crippen LogP contribution in [0.5, 0.6) is 11.5 Å². The molecule has 41 heavy (non-hydrogen) atoms. The van der Waals surface area contributed by atoms with Gasteiger partial charge in [-0.25, -0.2) is 0 Å². The van der Waals surface area contributed by atoms with Crippen molar-refractivity contribution >= 4 is 7.94 Å². The fourth-order valence-electron chi connectivity index (χ4n) is 6.54. The molecule has 3 nitrogen and oxygen atoms in total. The molecular formula is C37H61O3P. The van der Waals surface area contributed by atoms with Crippen LogP contribution < -0.4 is 9.05 Å². The van der Waals surface area contributed by atoms with E-state index in [2.05, 4.69) is 114 Å². The number of unbranched alkanes of at least 4 members (excludes halogenated alkanes) is 5. The molecule has 1 aliphatic heterocycles. The first-order chi connectivity index (χ1) is 18.7. The molecule has 2 aromatic rings. The Labute approximate surface area is 253 Å². The molecule has 2 aromatic carbocycles. The van der Waals surface area contributed by atoms with Gasteiger partial charge >= 0.3 is 254 Å². The van der Waals surface area contributed by atoms with Crippen LogP contribution in [-0.4, -0.2) is 11.1 Å². The van der Waals surface area contributed by atoms with Crippen LogP contribution in [0.3, 0.4) is 0 Å². The Morgan fingerprint density at radius 1 is 0.585 bits per heavy atom. The standard InChI is InChI=1S/C37H61O3P/c1-14-15-16-17-18-19-24-41(38)39-30-22-20-28(34(2,3)4)32(36(8,9)10)26(30)25-27-31(40-41)23-21-29(35(5,6)7)33(27)37(11,12)13/h20-23,38,41H,14-19,24-25H2,1-13H3. The fraction of sp³-hybridized carbons (Fsp3) is 0.676. The summed E-state index contributed by atoms with van der Waals surface area (Å²) in [6.07, 6.45) is 8.24. The number of benzene rings is 2. The third-order valence-corrected chi connectivity index (χ3v) is 10.5. The maximum absolute atomic E-state index is 12.2. The Morgan fingerprint density at radius 2 is 0.976 bits per heavy atom. The van der Waals surface area contributed by atoms with Crippen LogP contribution in [0, 0.1) is 0 Å². The van der Waals surface area contributed by atoms with Gasteiger partial charge in [0.2, 0.25) is 0 Å². The molecule has 0 spiro atoms. The second kappa shape index (κ2) is 12.2. The van der Waals surface area contributed by atoms with E-state index in [4.69, 9.17) is 9.05 Å². The average Bonchev–Trinajstić information content (AvgIpc) is 2.79. The van der Waals surface area contributed by atoms with Crippen molar-refractivity contribution in [3.63, 3.8) is 0 Å². The first-order valence-electron chi connectivity index (χ1n) is 16.1. The summed E-state index contributed by atoms with van der Waals surface area (Å²) in [6, 6.07) is 8.70. The van der Waals surface area contributed by atoms with Crippen LogP contribution in [0.4, 0.5) is 0 Å². The van der Waals surface area contributed by atoms with Crippen molar-refractivity contribution in [2.24, 2.45) is 0 Å². The van der Waals surface area contributed by atoms with E-state index in [1.807, 2.05) is 0 Å². The summed E-state index contributed by atoms with van der Waals surface area (Å²) in [6.45, 7) is 29.9. The zero-order valence-corrected chi connectivity index (χ0v) is 29.7. The molecule has 1 N–H and O–H groups in total. The van der Waals surface area contributed by atoms with Crippen molar-refractivity contribution in [2.45, 2.75) is 157 Å². The SMILES string of the molecule is CCCCCCCC[PH]1(O)Oc2ccc(C(C)(C)C)c(C(C)(C)C)c2Cc2c(ccc(C(C)(C)C)c2C(C)(C)C)O1. The third kappa shape index (κ3) is 8.08. The molecule has 0 radical (unpaired) electrons. The van der Waals surface area contributed by atoms with E-state index >= 15 is 0 Å². The maximum atomic E-state index is 12.2. The number of hydrogen-bond acceptors (Lipinski definition) is 3. The number of fused-ring (bicyclic) bond motifs is 2. The van der Waals surface area contributed by atoms with E-state index in [0.29, 0.717) is 6.16 Å². The molecule has 0 saturated carbocycles. The topological polar surface area (TPSA) is 38.7 Å². The Kier molecular flexibility index (Phi) is 10.1. The molecule has 0 amide bonds. The first-order valence-corrected chi connectivity index (χ1v) is 18.1. The zero-order chi connectivity index (χ0) is 31.0. The normalized spacial score (nSPS) is 16.5. The van der Waals surface area contributed by atoms with Gasteiger partial charge in [0.25, 0.3) is 0 Å². The van der Waals surface area contributed by atoms with Crippen LogP contribution >= 0.6 is 7.94 Å². The first kappa shape index (κ1) is 33.9. The van der Waals surface area contributed by atoms with Crippen LogP contribution in [0.25, 0.3) is 0 Å². The van der Waals surface area contributed by atoms with Gasteiger partial charge in [0.05, 0.1) is 0 Å². The summed E-state index contributed by atoms with van der Waals surface area (Å²) in [4.78, 5) is 12.2. The molecule has 1 aliphatic rings. The molecular weight excluding hydrogens is 523 g/mol. The molecule has 0 aromatic heterocycles. The predicted octanol–water partition coefficient (Wildman–Crippen LogP) is 11.1. The molecule has 0 fully saturated rings. The van der Waals surface area contributed by atoms with E-state index in [0.717, 1.165) is 30.8 Å². The van der Waals surface area contributed by atoms with Gasteiger partial charge in [0.1, 0.15) is 0 Å². The van der Waals surface area contributed by atoms with Crippen molar-refractivity contribution in [1.82, 2.24) is 0 Å². The molecule has 1 heterocycles. The molecule has 4 heteroatoms. The van der Waals surface area contributed by atoms with E-state index < -0.39 is 7.94 Å². The summed E-state index contributed by atoms with van der Waals surface area (Å²) in [5.74, 6) is 1.60. The molecule has 0 unspecified atom stereocenters. The van der Waals surface area contributed by atoms with Crippen LogP contribution in [0.2, 0.25) is 0 Å². The van der Waals surface area contributed by atoms with E-state index in [9.17, 15) is 4.89 Å². The summed E-state index contributed by atoms with van der Waals surface area (Å²) < 4.78 is 13.4. The second-order valence-corrected chi connectivity index (χ2v) is 18.9. The minimum absolute atomic E-state index is 0.0221. The van der Waals surface area contributed by atoms with Gasteiger partial charge in [-0.2, -0.15) is 0 Å². The average molecular weight is 585 g/mol. The zero-order valence-electron chi connectivity index (χ0n) is 28.7. The second-order valence-electron chi connectivity index (χ2n) is 16.5. The van der Waals surface area contributed by atoms with Gasteiger partial charge in [-0.15, -0.1) is 0 Å². The number of hydrogen-bond donors (Lipinski definition) is 1. The van der Waals surface area contributed by atoms with Crippen molar-refractivity contribution in [1.29, 1.82) is 0 Å². The van der Waals surface area contributed by atoms with Gasteiger partial charge in [-0.05, 0) is 0 Å². The summed E-state index contributed by atoms with van der Waals surface area (Å²) in [7, 11) is -3.58. The number of rotatable bonds is 7. The van der Waals surface area contributed by atoms with Crippen molar-refractivity contribution in [2.75, 3.05) is 6.16 Å². The monoisotopic (exact) mass is 584 g/mol. The molecule has 232 valence electrons. The molecule has 0 aliphatic carbocycles. The van der Waals surface area contributed by atoms with E-state index in [-0.39, 0.29) is 21.7 Å². The predicted molar refractivity (Wildman–Crippen MR) is 181 cm³/mol. The van der Waals surface area contributed by atoms with Crippen molar-refractivity contribution in [3.8, 4) is 11.5 Å². The summed E-state index contributed by atoms with van der Waals surface area (Å²) >= 11 is 0. The van der Waals surface area contributed by atoms with Gasteiger partial charge in [0.15, 0.2) is 0 Å².